The van der Waals surface area contributed by atoms with Crippen LogP contribution in [0.1, 0.15) is 12.5 Å². The third-order valence-corrected chi connectivity index (χ3v) is 3.33. The molecule has 0 radical (unpaired) electrons. The van der Waals surface area contributed by atoms with Gasteiger partial charge in [-0.1, -0.05) is 41.9 Å². The highest BCUT2D eigenvalue weighted by Crippen LogP contribution is 2.25. The molecule has 1 heterocycles. The third kappa shape index (κ3) is 2.90. The predicted molar refractivity (Wildman–Crippen MR) is 81.6 cm³/mol. The lowest BCUT2D eigenvalue weighted by Gasteiger charge is -2.08. The Hall–Kier alpha value is -2.33. The van der Waals surface area contributed by atoms with Gasteiger partial charge >= 0.3 is 12.0 Å². The Balaban J connectivity index is 2.12. The average molecular weight is 301 g/mol. The van der Waals surface area contributed by atoms with E-state index >= 15 is 0 Å². The van der Waals surface area contributed by atoms with Crippen LogP contribution >= 0.6 is 11.6 Å². The molecule has 0 aliphatic heterocycles. The Kier molecular flexibility index (Phi) is 3.62. The highest BCUT2D eigenvalue weighted by molar-refractivity contribution is 6.31. The molecule has 0 bridgehead atoms. The zero-order valence-corrected chi connectivity index (χ0v) is 12.2. The number of ether oxygens (including phenoxy) is 1. The number of imidazole rings is 1. The van der Waals surface area contributed by atoms with E-state index in [9.17, 15) is 4.79 Å². The van der Waals surface area contributed by atoms with E-state index in [0.29, 0.717) is 11.6 Å². The van der Waals surface area contributed by atoms with Crippen molar-refractivity contribution in [1.29, 1.82) is 0 Å². The van der Waals surface area contributed by atoms with Gasteiger partial charge in [-0.2, -0.15) is 4.98 Å². The van der Waals surface area contributed by atoms with Gasteiger partial charge in [0, 0.05) is 11.9 Å². The van der Waals surface area contributed by atoms with Crippen LogP contribution in [0.2, 0.25) is 5.02 Å². The van der Waals surface area contributed by atoms with Crippen molar-refractivity contribution in [3.05, 3.63) is 59.1 Å². The largest absolute Gasteiger partial charge is 0.392 e. The second-order valence-electron chi connectivity index (χ2n) is 4.69. The van der Waals surface area contributed by atoms with Gasteiger partial charge in [0.25, 0.3) is 0 Å². The number of hydrogen-bond acceptors (Lipinski definition) is 3. The number of nitrogens with zero attached hydrogens (tertiary/aromatic N) is 2. The summed E-state index contributed by atoms with van der Waals surface area (Å²) < 4.78 is 7.06. The molecule has 0 aliphatic rings. The van der Waals surface area contributed by atoms with Crippen LogP contribution in [0.4, 0.5) is 0 Å². The standard InChI is InChI=1S/C16H13ClN2O2/c1-11(20)21-16-18-14-8-7-13(17)9-15(14)19(16)10-12-5-3-2-4-6-12/h2-9H,10H2,1H3. The molecule has 5 heteroatoms. The molecule has 3 rings (SSSR count). The molecule has 0 unspecified atom stereocenters. The second kappa shape index (κ2) is 5.58. The molecular weight excluding hydrogens is 288 g/mol. The van der Waals surface area contributed by atoms with Crippen LogP contribution in [0.15, 0.2) is 48.5 Å². The molecule has 106 valence electrons. The fourth-order valence-corrected chi connectivity index (χ4v) is 2.37. The molecule has 21 heavy (non-hydrogen) atoms. The van der Waals surface area contributed by atoms with E-state index in [1.165, 1.54) is 6.92 Å². The van der Waals surface area contributed by atoms with E-state index in [4.69, 9.17) is 16.3 Å². The molecule has 0 fully saturated rings. The van der Waals surface area contributed by atoms with E-state index < -0.39 is 5.97 Å². The van der Waals surface area contributed by atoms with Gasteiger partial charge in [0.15, 0.2) is 0 Å². The summed E-state index contributed by atoms with van der Waals surface area (Å²) >= 11 is 6.06. The summed E-state index contributed by atoms with van der Waals surface area (Å²) in [6.45, 7) is 1.92. The van der Waals surface area contributed by atoms with Crippen molar-refractivity contribution in [2.24, 2.45) is 0 Å². The molecule has 1 aromatic heterocycles. The highest BCUT2D eigenvalue weighted by Gasteiger charge is 2.14. The quantitative estimate of drug-likeness (QED) is 0.693. The summed E-state index contributed by atoms with van der Waals surface area (Å²) in [5.74, 6) is -0.397. The molecule has 3 aromatic rings. The Bertz CT molecular complexity index is 797. The zero-order chi connectivity index (χ0) is 14.8. The van der Waals surface area contributed by atoms with Crippen LogP contribution in [0, 0.1) is 0 Å². The van der Waals surface area contributed by atoms with Gasteiger partial charge in [0.2, 0.25) is 0 Å². The number of hydrogen-bond donors (Lipinski definition) is 0. The normalized spacial score (nSPS) is 10.8. The molecular formula is C16H13ClN2O2. The summed E-state index contributed by atoms with van der Waals surface area (Å²) in [5, 5.41) is 0.617. The maximum absolute atomic E-state index is 11.3. The van der Waals surface area contributed by atoms with Crippen LogP contribution < -0.4 is 4.74 Å². The fraction of sp³-hybridized carbons (Fsp3) is 0.125. The number of fused-ring (bicyclic) bond motifs is 1. The van der Waals surface area contributed by atoms with Crippen molar-refractivity contribution in [1.82, 2.24) is 9.55 Å². The van der Waals surface area contributed by atoms with E-state index in [-0.39, 0.29) is 6.01 Å². The average Bonchev–Trinajstić information content (AvgIpc) is 2.77. The van der Waals surface area contributed by atoms with Crippen molar-refractivity contribution in [3.63, 3.8) is 0 Å². The minimum atomic E-state index is -0.397. The summed E-state index contributed by atoms with van der Waals surface area (Å²) in [7, 11) is 0. The Morgan fingerprint density at radius 3 is 2.71 bits per heavy atom. The fourth-order valence-electron chi connectivity index (χ4n) is 2.20. The lowest BCUT2D eigenvalue weighted by molar-refractivity contribution is -0.132. The number of aromatic nitrogens is 2. The number of carbonyl (C=O) groups is 1. The maximum atomic E-state index is 11.3. The molecule has 0 aliphatic carbocycles. The van der Waals surface area contributed by atoms with Gasteiger partial charge in [-0.3, -0.25) is 9.36 Å². The number of carbonyl (C=O) groups excluding carboxylic acids is 1. The lowest BCUT2D eigenvalue weighted by atomic mass is 10.2. The molecule has 0 saturated heterocycles. The molecule has 0 atom stereocenters. The third-order valence-electron chi connectivity index (χ3n) is 3.09. The number of rotatable bonds is 3. The van der Waals surface area contributed by atoms with Gasteiger partial charge in [-0.25, -0.2) is 0 Å². The van der Waals surface area contributed by atoms with E-state index in [0.717, 1.165) is 16.6 Å². The predicted octanol–water partition coefficient (Wildman–Crippen LogP) is 3.66. The van der Waals surface area contributed by atoms with Gasteiger partial charge in [0.1, 0.15) is 0 Å². The first-order valence-corrected chi connectivity index (χ1v) is 6.89. The summed E-state index contributed by atoms with van der Waals surface area (Å²) in [6, 6.07) is 15.6. The van der Waals surface area contributed by atoms with Gasteiger partial charge in [0.05, 0.1) is 17.6 Å². The maximum Gasteiger partial charge on any atom is 0.310 e. The van der Waals surface area contributed by atoms with Crippen molar-refractivity contribution in [2.75, 3.05) is 0 Å². The van der Waals surface area contributed by atoms with Crippen molar-refractivity contribution >= 4 is 28.6 Å². The van der Waals surface area contributed by atoms with E-state index in [1.807, 2.05) is 47.0 Å². The number of benzene rings is 2. The SMILES string of the molecule is CC(=O)Oc1nc2ccc(Cl)cc2n1Cc1ccccc1. The minimum absolute atomic E-state index is 0.281. The first kappa shape index (κ1) is 13.6. The molecule has 4 nitrogen and oxygen atoms in total. The monoisotopic (exact) mass is 300 g/mol. The van der Waals surface area contributed by atoms with Crippen molar-refractivity contribution in [2.45, 2.75) is 13.5 Å². The summed E-state index contributed by atoms with van der Waals surface area (Å²) in [6.07, 6.45) is 0. The molecule has 0 amide bonds. The first-order valence-electron chi connectivity index (χ1n) is 6.51. The number of halogens is 1. The number of esters is 1. The van der Waals surface area contributed by atoms with Crippen LogP contribution in [0.5, 0.6) is 6.01 Å². The molecule has 2 aromatic carbocycles. The summed E-state index contributed by atoms with van der Waals surface area (Å²) in [5.41, 5.74) is 2.67. The lowest BCUT2D eigenvalue weighted by Crippen LogP contribution is -2.09. The smallest absolute Gasteiger partial charge is 0.310 e. The van der Waals surface area contributed by atoms with E-state index in [1.54, 1.807) is 6.07 Å². The van der Waals surface area contributed by atoms with Crippen LogP contribution in [0.25, 0.3) is 11.0 Å². The zero-order valence-electron chi connectivity index (χ0n) is 11.4. The first-order chi connectivity index (χ1) is 10.1. The molecule has 0 N–H and O–H groups in total. The van der Waals surface area contributed by atoms with Gasteiger partial charge in [-0.15, -0.1) is 0 Å². The summed E-state index contributed by atoms with van der Waals surface area (Å²) in [4.78, 5) is 15.6. The van der Waals surface area contributed by atoms with Gasteiger partial charge < -0.3 is 4.74 Å². The molecule has 0 spiro atoms. The van der Waals surface area contributed by atoms with Crippen LogP contribution in [-0.4, -0.2) is 15.5 Å². The van der Waals surface area contributed by atoms with Gasteiger partial charge in [-0.05, 0) is 23.8 Å². The van der Waals surface area contributed by atoms with Crippen LogP contribution in [0.3, 0.4) is 0 Å². The molecule has 0 saturated carbocycles. The van der Waals surface area contributed by atoms with Crippen molar-refractivity contribution in [3.8, 4) is 6.01 Å². The van der Waals surface area contributed by atoms with Crippen molar-refractivity contribution < 1.29 is 9.53 Å². The highest BCUT2D eigenvalue weighted by atomic mass is 35.5. The Labute approximate surface area is 126 Å². The van der Waals surface area contributed by atoms with Crippen LogP contribution in [-0.2, 0) is 11.3 Å². The Morgan fingerprint density at radius 2 is 2.00 bits per heavy atom. The minimum Gasteiger partial charge on any atom is -0.392 e. The Morgan fingerprint density at radius 1 is 1.24 bits per heavy atom. The topological polar surface area (TPSA) is 44.1 Å². The van der Waals surface area contributed by atoms with E-state index in [2.05, 4.69) is 4.98 Å². The second-order valence-corrected chi connectivity index (χ2v) is 5.13.